The first-order valence-electron chi connectivity index (χ1n) is 7.64. The molecule has 2 N–H and O–H groups in total. The second-order valence-corrected chi connectivity index (χ2v) is 5.68. The Kier molecular flexibility index (Phi) is 6.77. The number of nitriles is 1. The van der Waals surface area contributed by atoms with Crippen LogP contribution >= 0.6 is 11.6 Å². The summed E-state index contributed by atoms with van der Waals surface area (Å²) in [5, 5.41) is 9.55. The molecular formula is C19H16ClN3O3. The summed E-state index contributed by atoms with van der Waals surface area (Å²) in [6.45, 7) is 1.55. The smallest absolute Gasteiger partial charge is 0.276 e. The first kappa shape index (κ1) is 19.0. The van der Waals surface area contributed by atoms with E-state index in [1.807, 2.05) is 25.1 Å². The number of hydrazine groups is 1. The van der Waals surface area contributed by atoms with Crippen LogP contribution in [0.2, 0.25) is 5.02 Å². The summed E-state index contributed by atoms with van der Waals surface area (Å²) in [6, 6.07) is 13.9. The molecule has 0 spiro atoms. The highest BCUT2D eigenvalue weighted by Crippen LogP contribution is 2.17. The van der Waals surface area contributed by atoms with E-state index < -0.39 is 11.8 Å². The molecule has 0 heterocycles. The number of hydrogen-bond donors (Lipinski definition) is 2. The fourth-order valence-electron chi connectivity index (χ4n) is 1.92. The number of para-hydroxylation sites is 1. The number of ether oxygens (including phenoxy) is 1. The van der Waals surface area contributed by atoms with Gasteiger partial charge in [0.2, 0.25) is 0 Å². The molecule has 26 heavy (non-hydrogen) atoms. The number of nitrogens with one attached hydrogen (secondary N) is 2. The summed E-state index contributed by atoms with van der Waals surface area (Å²) in [7, 11) is 0. The molecule has 0 fully saturated rings. The van der Waals surface area contributed by atoms with E-state index in [1.165, 1.54) is 6.08 Å². The quantitative estimate of drug-likeness (QED) is 0.626. The van der Waals surface area contributed by atoms with Crippen molar-refractivity contribution in [3.05, 3.63) is 70.3 Å². The Morgan fingerprint density at radius 3 is 2.73 bits per heavy atom. The van der Waals surface area contributed by atoms with Crippen molar-refractivity contribution in [1.29, 1.82) is 5.26 Å². The third-order valence-corrected chi connectivity index (χ3v) is 3.72. The average Bonchev–Trinajstić information content (AvgIpc) is 2.65. The minimum atomic E-state index is -0.558. The van der Waals surface area contributed by atoms with Crippen molar-refractivity contribution in [3.8, 4) is 11.8 Å². The molecule has 0 saturated carbocycles. The van der Waals surface area contributed by atoms with Gasteiger partial charge in [0.05, 0.1) is 5.56 Å². The Balaban J connectivity index is 1.79. The van der Waals surface area contributed by atoms with Gasteiger partial charge in [0.25, 0.3) is 11.8 Å². The molecule has 2 aromatic carbocycles. The molecule has 0 radical (unpaired) electrons. The van der Waals surface area contributed by atoms with Crippen LogP contribution in [0, 0.1) is 18.3 Å². The number of carbonyl (C=O) groups excluding carboxylic acids is 2. The highest BCUT2D eigenvalue weighted by atomic mass is 35.5. The average molecular weight is 370 g/mol. The number of hydrogen-bond acceptors (Lipinski definition) is 4. The van der Waals surface area contributed by atoms with E-state index in [1.54, 1.807) is 36.4 Å². The zero-order valence-electron chi connectivity index (χ0n) is 14.0. The molecule has 2 rings (SSSR count). The summed E-state index contributed by atoms with van der Waals surface area (Å²) < 4.78 is 5.26. The Bertz CT molecular complexity index is 888. The number of rotatable bonds is 5. The summed E-state index contributed by atoms with van der Waals surface area (Å²) in [5.74, 6) is -0.766. The third-order valence-electron chi connectivity index (χ3n) is 3.31. The Labute approximate surface area is 156 Å². The van der Waals surface area contributed by atoms with Gasteiger partial charge in [-0.2, -0.15) is 5.26 Å². The van der Waals surface area contributed by atoms with Gasteiger partial charge in [-0.1, -0.05) is 35.9 Å². The van der Waals surface area contributed by atoms with E-state index >= 15 is 0 Å². The van der Waals surface area contributed by atoms with E-state index in [2.05, 4.69) is 10.9 Å². The van der Waals surface area contributed by atoms with Crippen molar-refractivity contribution in [1.82, 2.24) is 10.9 Å². The molecule has 0 unspecified atom stereocenters. The predicted molar refractivity (Wildman–Crippen MR) is 98.2 cm³/mol. The zero-order chi connectivity index (χ0) is 18.9. The second kappa shape index (κ2) is 9.25. The summed E-state index contributed by atoms with van der Waals surface area (Å²) >= 11 is 6.01. The topological polar surface area (TPSA) is 91.2 Å². The lowest BCUT2D eigenvalue weighted by Crippen LogP contribution is -2.43. The number of amides is 2. The van der Waals surface area contributed by atoms with Crippen LogP contribution in [0.3, 0.4) is 0 Å². The lowest BCUT2D eigenvalue weighted by atomic mass is 10.1. The van der Waals surface area contributed by atoms with Gasteiger partial charge >= 0.3 is 0 Å². The fraction of sp³-hybridized carbons (Fsp3) is 0.105. The molecule has 132 valence electrons. The van der Waals surface area contributed by atoms with Crippen LogP contribution in [-0.4, -0.2) is 18.4 Å². The first-order chi connectivity index (χ1) is 12.5. The Morgan fingerprint density at radius 1 is 1.23 bits per heavy atom. The fourth-order valence-corrected chi connectivity index (χ4v) is 2.11. The number of halogens is 1. The van der Waals surface area contributed by atoms with Crippen LogP contribution in [0.1, 0.15) is 16.7 Å². The van der Waals surface area contributed by atoms with Crippen LogP contribution in [0.25, 0.3) is 6.08 Å². The maximum atomic E-state index is 11.7. The van der Waals surface area contributed by atoms with Crippen molar-refractivity contribution in [2.24, 2.45) is 0 Å². The number of nitrogens with zero attached hydrogens (tertiary/aromatic N) is 1. The maximum absolute atomic E-state index is 11.7. The van der Waals surface area contributed by atoms with Crippen LogP contribution in [0.15, 0.2) is 48.5 Å². The molecule has 0 aliphatic carbocycles. The van der Waals surface area contributed by atoms with Gasteiger partial charge in [0.15, 0.2) is 6.61 Å². The van der Waals surface area contributed by atoms with Crippen LogP contribution in [0.5, 0.6) is 5.75 Å². The van der Waals surface area contributed by atoms with Crippen molar-refractivity contribution >= 4 is 29.5 Å². The molecular weight excluding hydrogens is 354 g/mol. The lowest BCUT2D eigenvalue weighted by Gasteiger charge is -2.08. The molecule has 2 aromatic rings. The number of benzene rings is 2. The Hall–Kier alpha value is -3.30. The standard InChI is InChI=1S/C19H16ClN3O3/c1-13-6-7-14(10-16(13)20)8-9-18(24)22-23-19(25)12-26-17-5-3-2-4-15(17)11-21/h2-10H,12H2,1H3,(H,22,24)(H,23,25)/b9-8+. The molecule has 0 bridgehead atoms. The third kappa shape index (κ3) is 5.65. The van der Waals surface area contributed by atoms with Crippen LogP contribution < -0.4 is 15.6 Å². The first-order valence-corrected chi connectivity index (χ1v) is 8.02. The molecule has 0 aliphatic heterocycles. The van der Waals surface area contributed by atoms with Crippen molar-refractivity contribution in [3.63, 3.8) is 0 Å². The molecule has 0 aromatic heterocycles. The van der Waals surface area contributed by atoms with E-state index in [-0.39, 0.29) is 6.61 Å². The van der Waals surface area contributed by atoms with Gasteiger partial charge in [0, 0.05) is 11.1 Å². The minimum Gasteiger partial charge on any atom is -0.482 e. The summed E-state index contributed by atoms with van der Waals surface area (Å²) in [6.07, 6.45) is 2.85. The van der Waals surface area contributed by atoms with Gasteiger partial charge in [-0.25, -0.2) is 0 Å². The molecule has 0 aliphatic rings. The maximum Gasteiger partial charge on any atom is 0.276 e. The van der Waals surface area contributed by atoms with Gasteiger partial charge in [-0.15, -0.1) is 0 Å². The summed E-state index contributed by atoms with van der Waals surface area (Å²) in [4.78, 5) is 23.4. The SMILES string of the molecule is Cc1ccc(/C=C/C(=O)NNC(=O)COc2ccccc2C#N)cc1Cl. The number of carbonyl (C=O) groups is 2. The van der Waals surface area contributed by atoms with E-state index in [0.717, 1.165) is 11.1 Å². The zero-order valence-corrected chi connectivity index (χ0v) is 14.7. The van der Waals surface area contributed by atoms with E-state index in [4.69, 9.17) is 21.6 Å². The predicted octanol–water partition coefficient (Wildman–Crippen LogP) is 2.76. The van der Waals surface area contributed by atoms with E-state index in [9.17, 15) is 9.59 Å². The van der Waals surface area contributed by atoms with Gasteiger partial charge in [-0.3, -0.25) is 20.4 Å². The minimum absolute atomic E-state index is 0.299. The van der Waals surface area contributed by atoms with Crippen LogP contribution in [0.4, 0.5) is 0 Å². The normalized spacial score (nSPS) is 10.2. The largest absolute Gasteiger partial charge is 0.482 e. The molecule has 0 saturated heterocycles. The van der Waals surface area contributed by atoms with Gasteiger partial charge in [0.1, 0.15) is 11.8 Å². The van der Waals surface area contributed by atoms with Crippen molar-refractivity contribution in [2.75, 3.05) is 6.61 Å². The van der Waals surface area contributed by atoms with E-state index in [0.29, 0.717) is 16.3 Å². The van der Waals surface area contributed by atoms with Crippen molar-refractivity contribution < 1.29 is 14.3 Å². The van der Waals surface area contributed by atoms with Gasteiger partial charge in [-0.05, 0) is 42.3 Å². The molecule has 6 nitrogen and oxygen atoms in total. The monoisotopic (exact) mass is 369 g/mol. The van der Waals surface area contributed by atoms with Gasteiger partial charge < -0.3 is 4.74 Å². The van der Waals surface area contributed by atoms with Crippen LogP contribution in [-0.2, 0) is 9.59 Å². The molecule has 0 atom stereocenters. The highest BCUT2D eigenvalue weighted by molar-refractivity contribution is 6.31. The highest BCUT2D eigenvalue weighted by Gasteiger charge is 2.06. The number of aryl methyl sites for hydroxylation is 1. The lowest BCUT2D eigenvalue weighted by molar-refractivity contribution is -0.128. The summed E-state index contributed by atoms with van der Waals surface area (Å²) in [5.41, 5.74) is 6.49. The van der Waals surface area contributed by atoms with Crippen molar-refractivity contribution in [2.45, 2.75) is 6.92 Å². The molecule has 7 heteroatoms. The Morgan fingerprint density at radius 2 is 2.00 bits per heavy atom. The molecule has 2 amide bonds. The second-order valence-electron chi connectivity index (χ2n) is 5.28.